The summed E-state index contributed by atoms with van der Waals surface area (Å²) >= 11 is 5.04. The molecule has 1 aromatic heterocycles. The van der Waals surface area contributed by atoms with E-state index in [1.165, 1.54) is 15.3 Å². The number of likely N-dealkylation sites (N-methyl/N-ethyl adjacent to an activating group) is 1. The highest BCUT2D eigenvalue weighted by atomic mass is 79.9. The third-order valence-electron chi connectivity index (χ3n) is 4.82. The van der Waals surface area contributed by atoms with Crippen molar-refractivity contribution in [3.05, 3.63) is 38.2 Å². The van der Waals surface area contributed by atoms with Gasteiger partial charge in [0.15, 0.2) is 11.5 Å². The second-order valence-corrected chi connectivity index (χ2v) is 8.63. The van der Waals surface area contributed by atoms with Crippen molar-refractivity contribution in [1.82, 2.24) is 5.32 Å². The average molecular weight is 439 g/mol. The molecule has 0 aliphatic carbocycles. The van der Waals surface area contributed by atoms with Gasteiger partial charge in [-0.05, 0) is 46.1 Å². The van der Waals surface area contributed by atoms with Crippen molar-refractivity contribution >= 4 is 38.2 Å². The minimum Gasteiger partial charge on any atom is -0.503 e. The van der Waals surface area contributed by atoms with Crippen molar-refractivity contribution in [1.29, 1.82) is 0 Å². The van der Waals surface area contributed by atoms with Crippen molar-refractivity contribution in [3.8, 4) is 11.5 Å². The number of carbonyl (C=O) groups is 1. The molecule has 0 radical (unpaired) electrons. The van der Waals surface area contributed by atoms with Gasteiger partial charge in [-0.2, -0.15) is 0 Å². The molecule has 4 rings (SSSR count). The SMILES string of the molecule is CCOc1cc([C@@H]2NC(=O)c3c(sc4c3CC[NH+](C)C4)N2)cc(Br)c1O. The van der Waals surface area contributed by atoms with Gasteiger partial charge in [0.2, 0.25) is 0 Å². The lowest BCUT2D eigenvalue weighted by atomic mass is 10.0. The number of phenols is 1. The summed E-state index contributed by atoms with van der Waals surface area (Å²) in [7, 11) is 2.18. The number of carbonyl (C=O) groups excluding carboxylic acids is 1. The normalized spacial score (nSPS) is 21.4. The molecule has 0 spiro atoms. The Kier molecular flexibility index (Phi) is 4.58. The Morgan fingerprint density at radius 1 is 1.42 bits per heavy atom. The second kappa shape index (κ2) is 6.75. The summed E-state index contributed by atoms with van der Waals surface area (Å²) in [5, 5.41) is 17.5. The molecular weight excluding hydrogens is 418 g/mol. The van der Waals surface area contributed by atoms with Crippen LogP contribution in [0, 0.1) is 0 Å². The van der Waals surface area contributed by atoms with Gasteiger partial charge < -0.3 is 25.4 Å². The maximum absolute atomic E-state index is 12.8. The summed E-state index contributed by atoms with van der Waals surface area (Å²) in [5.74, 6) is 0.424. The van der Waals surface area contributed by atoms with Crippen LogP contribution in [0.3, 0.4) is 0 Å². The number of hydrogen-bond acceptors (Lipinski definition) is 5. The number of fused-ring (bicyclic) bond motifs is 3. The molecule has 2 aromatic rings. The van der Waals surface area contributed by atoms with E-state index >= 15 is 0 Å². The van der Waals surface area contributed by atoms with E-state index in [1.54, 1.807) is 23.5 Å². The van der Waals surface area contributed by atoms with Crippen LogP contribution in [0.1, 0.15) is 39.5 Å². The number of thiophene rings is 1. The van der Waals surface area contributed by atoms with Gasteiger partial charge in [-0.15, -0.1) is 11.3 Å². The van der Waals surface area contributed by atoms with E-state index in [0.717, 1.165) is 35.6 Å². The zero-order valence-electron chi connectivity index (χ0n) is 14.6. The van der Waals surface area contributed by atoms with Gasteiger partial charge in [0.1, 0.15) is 17.7 Å². The van der Waals surface area contributed by atoms with Gasteiger partial charge >= 0.3 is 0 Å². The molecule has 2 aliphatic rings. The number of quaternary nitrogens is 1. The number of anilines is 1. The smallest absolute Gasteiger partial charge is 0.256 e. The standard InChI is InChI=1S/C18H20BrN3O3S/c1-3-25-12-7-9(6-11(19)15(12)23)16-20-17(24)14-10-4-5-22(2)8-13(10)26-18(14)21-16/h6-7,16,21,23H,3-5,8H2,1-2H3,(H,20,24)/p+1/t16-/m1/s1. The van der Waals surface area contributed by atoms with Crippen LogP contribution in [0.15, 0.2) is 16.6 Å². The number of amides is 1. The first-order valence-electron chi connectivity index (χ1n) is 8.66. The van der Waals surface area contributed by atoms with Gasteiger partial charge in [-0.3, -0.25) is 4.79 Å². The van der Waals surface area contributed by atoms with Crippen LogP contribution in [0.2, 0.25) is 0 Å². The van der Waals surface area contributed by atoms with Gasteiger partial charge in [0.05, 0.1) is 35.1 Å². The Morgan fingerprint density at radius 3 is 3.00 bits per heavy atom. The summed E-state index contributed by atoms with van der Waals surface area (Å²) in [6, 6.07) is 3.56. The van der Waals surface area contributed by atoms with Crippen molar-refractivity contribution < 1.29 is 19.5 Å². The van der Waals surface area contributed by atoms with E-state index in [4.69, 9.17) is 4.74 Å². The van der Waals surface area contributed by atoms with Crippen LogP contribution < -0.4 is 20.3 Å². The number of rotatable bonds is 3. The van der Waals surface area contributed by atoms with E-state index in [1.807, 2.05) is 6.92 Å². The first-order valence-corrected chi connectivity index (χ1v) is 10.3. The van der Waals surface area contributed by atoms with E-state index in [9.17, 15) is 9.90 Å². The molecule has 0 saturated carbocycles. The Balaban J connectivity index is 1.69. The van der Waals surface area contributed by atoms with Crippen molar-refractivity contribution in [2.24, 2.45) is 0 Å². The van der Waals surface area contributed by atoms with Crippen LogP contribution >= 0.6 is 27.3 Å². The summed E-state index contributed by atoms with van der Waals surface area (Å²) in [5.41, 5.74) is 2.82. The molecule has 138 valence electrons. The molecule has 0 fully saturated rings. The van der Waals surface area contributed by atoms with Crippen LogP contribution in [0.5, 0.6) is 11.5 Å². The number of halogens is 1. The lowest BCUT2D eigenvalue weighted by molar-refractivity contribution is -0.895. The highest BCUT2D eigenvalue weighted by Crippen LogP contribution is 2.41. The maximum atomic E-state index is 12.8. The maximum Gasteiger partial charge on any atom is 0.256 e. The minimum absolute atomic E-state index is 0.0389. The lowest BCUT2D eigenvalue weighted by Crippen LogP contribution is -3.08. The van der Waals surface area contributed by atoms with Crippen LogP contribution in [-0.2, 0) is 13.0 Å². The minimum atomic E-state index is -0.365. The molecule has 8 heteroatoms. The molecule has 26 heavy (non-hydrogen) atoms. The predicted octanol–water partition coefficient (Wildman–Crippen LogP) is 2.04. The Bertz CT molecular complexity index is 883. The van der Waals surface area contributed by atoms with E-state index in [0.29, 0.717) is 16.8 Å². The molecule has 1 unspecified atom stereocenters. The lowest BCUT2D eigenvalue weighted by Gasteiger charge is -2.27. The molecule has 1 amide bonds. The van der Waals surface area contributed by atoms with Gasteiger partial charge in [0.25, 0.3) is 5.91 Å². The molecule has 3 heterocycles. The average Bonchev–Trinajstić information content (AvgIpc) is 2.96. The van der Waals surface area contributed by atoms with E-state index in [-0.39, 0.29) is 17.8 Å². The number of hydrogen-bond donors (Lipinski definition) is 4. The van der Waals surface area contributed by atoms with Crippen LogP contribution in [0.4, 0.5) is 5.00 Å². The highest BCUT2D eigenvalue weighted by Gasteiger charge is 2.34. The first kappa shape index (κ1) is 17.6. The molecule has 2 aliphatic heterocycles. The largest absolute Gasteiger partial charge is 0.503 e. The fourth-order valence-corrected chi connectivity index (χ4v) is 5.37. The van der Waals surface area contributed by atoms with Crippen LogP contribution in [0.25, 0.3) is 0 Å². The Labute approximate surface area is 164 Å². The number of aromatic hydroxyl groups is 1. The topological polar surface area (TPSA) is 75.0 Å². The summed E-state index contributed by atoms with van der Waals surface area (Å²) < 4.78 is 6.04. The fourth-order valence-electron chi connectivity index (χ4n) is 3.53. The first-order chi connectivity index (χ1) is 12.5. The van der Waals surface area contributed by atoms with Gasteiger partial charge in [-0.25, -0.2) is 0 Å². The van der Waals surface area contributed by atoms with Gasteiger partial charge in [-0.1, -0.05) is 0 Å². The Hall–Kier alpha value is -1.77. The number of ether oxygens (including phenoxy) is 1. The predicted molar refractivity (Wildman–Crippen MR) is 104 cm³/mol. The summed E-state index contributed by atoms with van der Waals surface area (Å²) in [4.78, 5) is 15.6. The molecule has 4 N–H and O–H groups in total. The molecule has 0 bridgehead atoms. The van der Waals surface area contributed by atoms with Crippen molar-refractivity contribution in [2.45, 2.75) is 26.1 Å². The molecule has 2 atom stereocenters. The number of nitrogens with one attached hydrogen (secondary N) is 3. The number of benzene rings is 1. The fraction of sp³-hybridized carbons (Fsp3) is 0.389. The second-order valence-electron chi connectivity index (χ2n) is 6.68. The summed E-state index contributed by atoms with van der Waals surface area (Å²) in [6.45, 7) is 4.33. The van der Waals surface area contributed by atoms with Crippen LogP contribution in [-0.4, -0.2) is 31.2 Å². The Morgan fingerprint density at radius 2 is 2.23 bits per heavy atom. The third-order valence-corrected chi connectivity index (χ3v) is 6.58. The highest BCUT2D eigenvalue weighted by molar-refractivity contribution is 9.10. The van der Waals surface area contributed by atoms with E-state index < -0.39 is 0 Å². The zero-order chi connectivity index (χ0) is 18.4. The summed E-state index contributed by atoms with van der Waals surface area (Å²) in [6.07, 6.45) is 0.572. The molecular formula is C18H21BrN3O3S+. The molecule has 0 saturated heterocycles. The van der Waals surface area contributed by atoms with Crippen molar-refractivity contribution in [2.75, 3.05) is 25.5 Å². The quantitative estimate of drug-likeness (QED) is 0.591. The molecule has 1 aromatic carbocycles. The number of phenolic OH excluding ortho intramolecular Hbond substituents is 1. The van der Waals surface area contributed by atoms with E-state index in [2.05, 4.69) is 33.6 Å². The molecule has 6 nitrogen and oxygen atoms in total. The third kappa shape index (κ3) is 2.95. The van der Waals surface area contributed by atoms with Gasteiger partial charge in [0, 0.05) is 6.42 Å². The zero-order valence-corrected chi connectivity index (χ0v) is 17.0. The monoisotopic (exact) mass is 438 g/mol. The van der Waals surface area contributed by atoms with Crippen molar-refractivity contribution in [3.63, 3.8) is 0 Å².